The Labute approximate surface area is 122 Å². The van der Waals surface area contributed by atoms with Crippen molar-refractivity contribution in [1.82, 2.24) is 16.2 Å². The van der Waals surface area contributed by atoms with E-state index in [4.69, 9.17) is 4.74 Å². The Balaban J connectivity index is 1.59. The molecule has 2 amide bonds. The monoisotopic (exact) mass is 290 g/mol. The van der Waals surface area contributed by atoms with Gasteiger partial charge in [0.05, 0.1) is 11.7 Å². The fourth-order valence-electron chi connectivity index (χ4n) is 2.48. The van der Waals surface area contributed by atoms with Gasteiger partial charge in [0, 0.05) is 26.1 Å². The Morgan fingerprint density at radius 1 is 1.33 bits per heavy atom. The van der Waals surface area contributed by atoms with Crippen molar-refractivity contribution in [3.05, 3.63) is 24.3 Å². The standard InChI is InChI=1S/C14H18N4O3/c19-13(17-10-7-15-16-8-10)5-6-18-11-3-1-2-4-12(11)21-9-14(18)20/h1-4,10,15-16H,5-9H2,(H,17,19). The van der Waals surface area contributed by atoms with E-state index in [1.165, 1.54) is 0 Å². The molecule has 2 heterocycles. The Bertz CT molecular complexity index is 543. The summed E-state index contributed by atoms with van der Waals surface area (Å²) in [5, 5.41) is 2.92. The summed E-state index contributed by atoms with van der Waals surface area (Å²) in [6.07, 6.45) is 0.274. The number of benzene rings is 1. The second-order valence-electron chi connectivity index (χ2n) is 5.08. The summed E-state index contributed by atoms with van der Waals surface area (Å²) in [5.41, 5.74) is 6.64. The van der Waals surface area contributed by atoms with Crippen molar-refractivity contribution in [1.29, 1.82) is 0 Å². The third kappa shape index (κ3) is 3.14. The highest BCUT2D eigenvalue weighted by molar-refractivity contribution is 5.98. The Morgan fingerprint density at radius 2 is 2.10 bits per heavy atom. The van der Waals surface area contributed by atoms with Crippen LogP contribution >= 0.6 is 0 Å². The van der Waals surface area contributed by atoms with Crippen LogP contribution in [0.25, 0.3) is 0 Å². The molecule has 7 heteroatoms. The van der Waals surface area contributed by atoms with E-state index in [1.807, 2.05) is 24.3 Å². The lowest BCUT2D eigenvalue weighted by molar-refractivity contribution is -0.122. The Hall–Kier alpha value is -2.12. The highest BCUT2D eigenvalue weighted by Crippen LogP contribution is 2.31. The molecule has 0 bridgehead atoms. The van der Waals surface area contributed by atoms with Gasteiger partial charge in [0.1, 0.15) is 5.75 Å². The number of amides is 2. The third-order valence-corrected chi connectivity index (χ3v) is 3.56. The maximum atomic E-state index is 12.0. The molecule has 1 aromatic rings. The van der Waals surface area contributed by atoms with Crippen LogP contribution in [0.3, 0.4) is 0 Å². The molecule has 0 saturated carbocycles. The molecular formula is C14H18N4O3. The lowest BCUT2D eigenvalue weighted by Gasteiger charge is -2.29. The normalized spacial score (nSPS) is 18.3. The van der Waals surface area contributed by atoms with Crippen LogP contribution in [0, 0.1) is 0 Å². The van der Waals surface area contributed by atoms with E-state index in [1.54, 1.807) is 4.90 Å². The summed E-state index contributed by atoms with van der Waals surface area (Å²) in [6.45, 7) is 1.81. The predicted molar refractivity (Wildman–Crippen MR) is 76.8 cm³/mol. The molecular weight excluding hydrogens is 272 g/mol. The summed E-state index contributed by atoms with van der Waals surface area (Å²) in [5.74, 6) is 0.509. The maximum Gasteiger partial charge on any atom is 0.265 e. The number of carbonyl (C=O) groups excluding carboxylic acids is 2. The fraction of sp³-hybridized carbons (Fsp3) is 0.429. The minimum atomic E-state index is -0.120. The number of rotatable bonds is 4. The van der Waals surface area contributed by atoms with Gasteiger partial charge in [0.25, 0.3) is 5.91 Å². The molecule has 0 aliphatic carbocycles. The third-order valence-electron chi connectivity index (χ3n) is 3.56. The van der Waals surface area contributed by atoms with Gasteiger partial charge >= 0.3 is 0 Å². The summed E-state index contributed by atoms with van der Waals surface area (Å²) >= 11 is 0. The van der Waals surface area contributed by atoms with Gasteiger partial charge in [0.2, 0.25) is 5.91 Å². The largest absolute Gasteiger partial charge is 0.482 e. The van der Waals surface area contributed by atoms with E-state index in [-0.39, 0.29) is 30.9 Å². The topological polar surface area (TPSA) is 82.7 Å². The molecule has 0 aromatic heterocycles. The summed E-state index contributed by atoms with van der Waals surface area (Å²) < 4.78 is 5.37. The van der Waals surface area contributed by atoms with Crippen molar-refractivity contribution in [2.24, 2.45) is 0 Å². The molecule has 112 valence electrons. The Morgan fingerprint density at radius 3 is 2.90 bits per heavy atom. The molecule has 1 fully saturated rings. The molecule has 7 nitrogen and oxygen atoms in total. The molecule has 1 aromatic carbocycles. The van der Waals surface area contributed by atoms with Gasteiger partial charge in [-0.15, -0.1) is 0 Å². The van der Waals surface area contributed by atoms with Crippen molar-refractivity contribution in [3.63, 3.8) is 0 Å². The van der Waals surface area contributed by atoms with Crippen LogP contribution in [0.1, 0.15) is 6.42 Å². The highest BCUT2D eigenvalue weighted by Gasteiger charge is 2.25. The van der Waals surface area contributed by atoms with Crippen LogP contribution in [0.2, 0.25) is 0 Å². The molecule has 0 radical (unpaired) electrons. The number of fused-ring (bicyclic) bond motifs is 1. The smallest absolute Gasteiger partial charge is 0.265 e. The van der Waals surface area contributed by atoms with Crippen LogP contribution in [-0.4, -0.2) is 44.1 Å². The lowest BCUT2D eigenvalue weighted by Crippen LogP contribution is -2.43. The predicted octanol–water partition coefficient (Wildman–Crippen LogP) is -0.605. The SMILES string of the molecule is O=C(CCN1C(=O)COc2ccccc21)NC1CNNC1. The maximum absolute atomic E-state index is 12.0. The first-order chi connectivity index (χ1) is 10.2. The zero-order valence-corrected chi connectivity index (χ0v) is 11.6. The highest BCUT2D eigenvalue weighted by atomic mass is 16.5. The van der Waals surface area contributed by atoms with E-state index in [2.05, 4.69) is 16.2 Å². The summed E-state index contributed by atoms with van der Waals surface area (Å²) in [4.78, 5) is 25.5. The van der Waals surface area contributed by atoms with Crippen molar-refractivity contribution >= 4 is 17.5 Å². The van der Waals surface area contributed by atoms with Gasteiger partial charge in [-0.05, 0) is 12.1 Å². The van der Waals surface area contributed by atoms with Crippen LogP contribution in [0.15, 0.2) is 24.3 Å². The van der Waals surface area contributed by atoms with Crippen LogP contribution < -0.4 is 25.8 Å². The minimum absolute atomic E-state index is 0.0229. The number of nitrogens with zero attached hydrogens (tertiary/aromatic N) is 1. The molecule has 2 aliphatic rings. The number of para-hydroxylation sites is 2. The lowest BCUT2D eigenvalue weighted by atomic mass is 10.2. The van der Waals surface area contributed by atoms with Crippen molar-refractivity contribution in [2.75, 3.05) is 31.1 Å². The molecule has 1 saturated heterocycles. The van der Waals surface area contributed by atoms with Gasteiger partial charge in [-0.1, -0.05) is 12.1 Å². The average Bonchev–Trinajstić information content (AvgIpc) is 2.99. The van der Waals surface area contributed by atoms with Crippen molar-refractivity contribution in [2.45, 2.75) is 12.5 Å². The number of ether oxygens (including phenoxy) is 1. The van der Waals surface area contributed by atoms with Gasteiger partial charge in [0.15, 0.2) is 6.61 Å². The first kappa shape index (κ1) is 13.8. The van der Waals surface area contributed by atoms with E-state index in [9.17, 15) is 9.59 Å². The first-order valence-electron chi connectivity index (χ1n) is 7.01. The quantitative estimate of drug-likeness (QED) is 0.689. The second kappa shape index (κ2) is 6.11. The number of hydrogen-bond acceptors (Lipinski definition) is 5. The minimum Gasteiger partial charge on any atom is -0.482 e. The number of anilines is 1. The van der Waals surface area contributed by atoms with E-state index < -0.39 is 0 Å². The zero-order chi connectivity index (χ0) is 14.7. The van der Waals surface area contributed by atoms with Crippen LogP contribution in [-0.2, 0) is 9.59 Å². The van der Waals surface area contributed by atoms with Crippen LogP contribution in [0.5, 0.6) is 5.75 Å². The first-order valence-corrected chi connectivity index (χ1v) is 7.01. The second-order valence-corrected chi connectivity index (χ2v) is 5.08. The average molecular weight is 290 g/mol. The number of carbonyl (C=O) groups is 2. The van der Waals surface area contributed by atoms with Gasteiger partial charge in [-0.2, -0.15) is 0 Å². The fourth-order valence-corrected chi connectivity index (χ4v) is 2.48. The van der Waals surface area contributed by atoms with E-state index in [0.29, 0.717) is 25.4 Å². The van der Waals surface area contributed by atoms with Gasteiger partial charge in [-0.3, -0.25) is 20.4 Å². The summed E-state index contributed by atoms with van der Waals surface area (Å²) in [7, 11) is 0. The molecule has 0 spiro atoms. The van der Waals surface area contributed by atoms with Gasteiger partial charge < -0.3 is 15.0 Å². The van der Waals surface area contributed by atoms with Crippen molar-refractivity contribution < 1.29 is 14.3 Å². The van der Waals surface area contributed by atoms with Gasteiger partial charge in [-0.25, -0.2) is 0 Å². The number of hydrazine groups is 1. The zero-order valence-electron chi connectivity index (χ0n) is 11.6. The van der Waals surface area contributed by atoms with Crippen molar-refractivity contribution in [3.8, 4) is 5.75 Å². The molecule has 21 heavy (non-hydrogen) atoms. The van der Waals surface area contributed by atoms with E-state index >= 15 is 0 Å². The molecule has 3 rings (SSSR count). The number of hydrogen-bond donors (Lipinski definition) is 3. The molecule has 3 N–H and O–H groups in total. The molecule has 0 unspecified atom stereocenters. The molecule has 2 aliphatic heterocycles. The van der Waals surface area contributed by atoms with Crippen LogP contribution in [0.4, 0.5) is 5.69 Å². The van der Waals surface area contributed by atoms with E-state index in [0.717, 1.165) is 5.69 Å². The molecule has 0 atom stereocenters. The summed E-state index contributed by atoms with van der Waals surface area (Å²) in [6, 6.07) is 7.47. The number of nitrogens with one attached hydrogen (secondary N) is 3. The Kier molecular flexibility index (Phi) is 4.03.